The van der Waals surface area contributed by atoms with Crippen LogP contribution < -0.4 is 5.56 Å². The molecular formula is C24H28N4O3. The summed E-state index contributed by atoms with van der Waals surface area (Å²) in [5.74, 6) is 0.854. The van der Waals surface area contributed by atoms with Crippen molar-refractivity contribution >= 4 is 11.8 Å². The number of rotatable bonds is 3. The van der Waals surface area contributed by atoms with E-state index < -0.39 is 0 Å². The van der Waals surface area contributed by atoms with E-state index in [9.17, 15) is 14.4 Å². The Bertz CT molecular complexity index is 1070. The third-order valence-electron chi connectivity index (χ3n) is 6.71. The predicted octanol–water partition coefficient (Wildman–Crippen LogP) is 2.74. The van der Waals surface area contributed by atoms with Gasteiger partial charge in [0.25, 0.3) is 11.5 Å². The largest absolute Gasteiger partial charge is 0.336 e. The summed E-state index contributed by atoms with van der Waals surface area (Å²) in [4.78, 5) is 50.1. The maximum atomic E-state index is 13.2. The molecule has 5 rings (SSSR count). The van der Waals surface area contributed by atoms with Gasteiger partial charge in [-0.2, -0.15) is 0 Å². The van der Waals surface area contributed by atoms with Gasteiger partial charge in [0.1, 0.15) is 5.82 Å². The molecule has 7 nitrogen and oxygen atoms in total. The summed E-state index contributed by atoms with van der Waals surface area (Å²) in [6, 6.07) is 7.34. The van der Waals surface area contributed by atoms with E-state index in [2.05, 4.69) is 4.98 Å². The molecule has 0 unspecified atom stereocenters. The van der Waals surface area contributed by atoms with E-state index in [-0.39, 0.29) is 29.3 Å². The molecule has 0 radical (unpaired) electrons. The van der Waals surface area contributed by atoms with Gasteiger partial charge in [-0.05, 0) is 57.6 Å². The smallest absolute Gasteiger partial charge is 0.254 e. The van der Waals surface area contributed by atoms with Crippen molar-refractivity contribution in [3.63, 3.8) is 0 Å². The summed E-state index contributed by atoms with van der Waals surface area (Å²) >= 11 is 0. The van der Waals surface area contributed by atoms with Crippen molar-refractivity contribution in [2.45, 2.75) is 58.0 Å². The number of H-pyrrole nitrogens is 1. The molecule has 1 aromatic carbocycles. The number of nitrogens with one attached hydrogen (secondary N) is 1. The van der Waals surface area contributed by atoms with Crippen LogP contribution >= 0.6 is 0 Å². The zero-order chi connectivity index (χ0) is 21.5. The SMILES string of the molecule is Cc1ccc(C(=O)N2CCCC[C@@H]2c2nc3c(c(=O)[nH]2)CCN(C(=O)C2CC2)C3)cc1. The third-order valence-corrected chi connectivity index (χ3v) is 6.71. The molecule has 7 heteroatoms. The fourth-order valence-electron chi connectivity index (χ4n) is 4.71. The first-order chi connectivity index (χ1) is 15.0. The summed E-state index contributed by atoms with van der Waals surface area (Å²) in [6.07, 6.45) is 5.16. The van der Waals surface area contributed by atoms with Crippen LogP contribution in [0.15, 0.2) is 29.1 Å². The molecule has 2 fully saturated rings. The minimum Gasteiger partial charge on any atom is -0.336 e. The van der Waals surface area contributed by atoms with E-state index >= 15 is 0 Å². The Morgan fingerprint density at radius 3 is 2.58 bits per heavy atom. The Labute approximate surface area is 181 Å². The highest BCUT2D eigenvalue weighted by Crippen LogP contribution is 2.33. The molecule has 2 aromatic rings. The Balaban J connectivity index is 1.44. The summed E-state index contributed by atoms with van der Waals surface area (Å²) in [7, 11) is 0. The van der Waals surface area contributed by atoms with Gasteiger partial charge in [0.2, 0.25) is 5.91 Å². The summed E-state index contributed by atoms with van der Waals surface area (Å²) < 4.78 is 0. The molecule has 1 saturated heterocycles. The molecule has 2 aliphatic heterocycles. The number of amides is 2. The van der Waals surface area contributed by atoms with Gasteiger partial charge in [-0.1, -0.05) is 17.7 Å². The molecule has 1 saturated carbocycles. The van der Waals surface area contributed by atoms with Crippen LogP contribution in [0.4, 0.5) is 0 Å². The van der Waals surface area contributed by atoms with Crippen LogP contribution in [0.2, 0.25) is 0 Å². The highest BCUT2D eigenvalue weighted by molar-refractivity contribution is 5.94. The molecule has 0 bridgehead atoms. The van der Waals surface area contributed by atoms with E-state index in [4.69, 9.17) is 4.98 Å². The maximum absolute atomic E-state index is 13.2. The summed E-state index contributed by atoms with van der Waals surface area (Å²) in [5.41, 5.74) is 2.99. The van der Waals surface area contributed by atoms with Crippen molar-refractivity contribution in [1.82, 2.24) is 19.8 Å². The maximum Gasteiger partial charge on any atom is 0.254 e. The standard InChI is InChI=1S/C24H28N4O3/c1-15-5-7-17(8-6-15)24(31)28-12-3-2-4-20(28)21-25-19-14-27(23(30)16-9-10-16)13-11-18(19)22(29)26-21/h5-8,16,20H,2-4,9-14H2,1H3,(H,25,26,29)/t20-/m1/s1. The van der Waals surface area contributed by atoms with Gasteiger partial charge in [-0.25, -0.2) is 4.98 Å². The van der Waals surface area contributed by atoms with Crippen molar-refractivity contribution in [1.29, 1.82) is 0 Å². The first kappa shape index (κ1) is 20.0. The molecular weight excluding hydrogens is 392 g/mol. The lowest BCUT2D eigenvalue weighted by Crippen LogP contribution is -2.42. The van der Waals surface area contributed by atoms with Crippen LogP contribution in [0.1, 0.15) is 71.1 Å². The molecule has 1 atom stereocenters. The van der Waals surface area contributed by atoms with Gasteiger partial charge < -0.3 is 14.8 Å². The minimum absolute atomic E-state index is 0.0318. The van der Waals surface area contributed by atoms with Crippen molar-refractivity contribution in [3.05, 3.63) is 62.8 Å². The zero-order valence-corrected chi connectivity index (χ0v) is 17.9. The highest BCUT2D eigenvalue weighted by Gasteiger charge is 2.36. The van der Waals surface area contributed by atoms with Crippen LogP contribution in [0.5, 0.6) is 0 Å². The monoisotopic (exact) mass is 420 g/mol. The minimum atomic E-state index is -0.255. The summed E-state index contributed by atoms with van der Waals surface area (Å²) in [6.45, 7) is 3.61. The number of aromatic amines is 1. The van der Waals surface area contributed by atoms with Gasteiger partial charge >= 0.3 is 0 Å². The number of carbonyl (C=O) groups excluding carboxylic acids is 2. The Morgan fingerprint density at radius 2 is 1.84 bits per heavy atom. The number of aromatic nitrogens is 2. The second kappa shape index (κ2) is 7.94. The molecule has 0 spiro atoms. The molecule has 3 heterocycles. The third kappa shape index (κ3) is 3.89. The van der Waals surface area contributed by atoms with Gasteiger partial charge in [-0.15, -0.1) is 0 Å². The van der Waals surface area contributed by atoms with Crippen molar-refractivity contribution in [2.24, 2.45) is 5.92 Å². The average Bonchev–Trinajstić information content (AvgIpc) is 3.64. The van der Waals surface area contributed by atoms with Crippen molar-refractivity contribution in [2.75, 3.05) is 13.1 Å². The molecule has 2 amide bonds. The van der Waals surface area contributed by atoms with Crippen LogP contribution in [-0.4, -0.2) is 44.7 Å². The number of carbonyl (C=O) groups is 2. The first-order valence-corrected chi connectivity index (χ1v) is 11.3. The second-order valence-electron chi connectivity index (χ2n) is 9.04. The molecule has 31 heavy (non-hydrogen) atoms. The Morgan fingerprint density at radius 1 is 1.06 bits per heavy atom. The molecule has 3 aliphatic rings. The van der Waals surface area contributed by atoms with Crippen molar-refractivity contribution < 1.29 is 9.59 Å². The van der Waals surface area contributed by atoms with Crippen LogP contribution in [0.3, 0.4) is 0 Å². The van der Waals surface area contributed by atoms with Crippen LogP contribution in [-0.2, 0) is 17.8 Å². The number of likely N-dealkylation sites (tertiary alicyclic amines) is 1. The zero-order valence-electron chi connectivity index (χ0n) is 17.9. The number of fused-ring (bicyclic) bond motifs is 1. The molecule has 1 aromatic heterocycles. The summed E-state index contributed by atoms with van der Waals surface area (Å²) in [5, 5.41) is 0. The Kier molecular flexibility index (Phi) is 5.12. The number of aryl methyl sites for hydroxylation is 1. The first-order valence-electron chi connectivity index (χ1n) is 11.3. The van der Waals surface area contributed by atoms with E-state index in [1.165, 1.54) is 0 Å². The van der Waals surface area contributed by atoms with E-state index in [1.54, 1.807) is 0 Å². The predicted molar refractivity (Wildman–Crippen MR) is 116 cm³/mol. The lowest BCUT2D eigenvalue weighted by Gasteiger charge is -2.36. The van der Waals surface area contributed by atoms with E-state index in [0.717, 1.165) is 37.7 Å². The fourth-order valence-corrected chi connectivity index (χ4v) is 4.71. The van der Waals surface area contributed by atoms with Crippen molar-refractivity contribution in [3.8, 4) is 0 Å². The van der Waals surface area contributed by atoms with E-state index in [1.807, 2.05) is 41.0 Å². The molecule has 162 valence electrons. The van der Waals surface area contributed by atoms with Gasteiger partial charge in [0.05, 0.1) is 18.3 Å². The van der Waals surface area contributed by atoms with Crippen LogP contribution in [0.25, 0.3) is 0 Å². The quantitative estimate of drug-likeness (QED) is 0.827. The number of benzene rings is 1. The molecule has 1 aliphatic carbocycles. The fraction of sp³-hybridized carbons (Fsp3) is 0.500. The number of nitrogens with zero attached hydrogens (tertiary/aromatic N) is 3. The van der Waals surface area contributed by atoms with Gasteiger partial charge in [-0.3, -0.25) is 14.4 Å². The average molecular weight is 421 g/mol. The highest BCUT2D eigenvalue weighted by atomic mass is 16.2. The number of piperidine rings is 1. The Hall–Kier alpha value is -2.96. The lowest BCUT2D eigenvalue weighted by atomic mass is 9.99. The van der Waals surface area contributed by atoms with Gasteiger partial charge in [0.15, 0.2) is 0 Å². The lowest BCUT2D eigenvalue weighted by molar-refractivity contribution is -0.133. The van der Waals surface area contributed by atoms with Gasteiger partial charge in [0, 0.05) is 30.1 Å². The number of hydrogen-bond acceptors (Lipinski definition) is 4. The van der Waals surface area contributed by atoms with Crippen LogP contribution in [0, 0.1) is 12.8 Å². The van der Waals surface area contributed by atoms with E-state index in [0.29, 0.717) is 48.7 Å². The molecule has 1 N–H and O–H groups in total. The normalized spacial score (nSPS) is 21.0. The second-order valence-corrected chi connectivity index (χ2v) is 9.04. The number of hydrogen-bond donors (Lipinski definition) is 1. The topological polar surface area (TPSA) is 86.4 Å².